The van der Waals surface area contributed by atoms with Crippen molar-refractivity contribution in [1.29, 1.82) is 0 Å². The van der Waals surface area contributed by atoms with Gasteiger partial charge < -0.3 is 9.47 Å². The first-order valence-corrected chi connectivity index (χ1v) is 15.6. The smallest absolute Gasteiger partial charge is 0.267 e. The minimum atomic E-state index is -3.78. The number of carbonyl (C=O) groups is 1. The number of rotatable bonds is 10. The van der Waals surface area contributed by atoms with Crippen molar-refractivity contribution in [3.63, 3.8) is 0 Å². The topological polar surface area (TPSA) is 84.9 Å². The van der Waals surface area contributed by atoms with Crippen molar-refractivity contribution in [2.75, 3.05) is 26.8 Å². The van der Waals surface area contributed by atoms with Crippen molar-refractivity contribution in [3.8, 4) is 11.5 Å². The molecule has 1 heterocycles. The predicted molar refractivity (Wildman–Crippen MR) is 148 cm³/mol. The normalized spacial score (nSPS) is 21.2. The number of benzene rings is 2. The monoisotopic (exact) mass is 578 g/mol. The van der Waals surface area contributed by atoms with Gasteiger partial charge in [0.2, 0.25) is 10.0 Å². The summed E-state index contributed by atoms with van der Waals surface area (Å²) in [6, 6.07) is 10.5. The highest BCUT2D eigenvalue weighted by molar-refractivity contribution is 7.91. The molecule has 212 valence electrons. The zero-order valence-electron chi connectivity index (χ0n) is 22.3. The van der Waals surface area contributed by atoms with E-state index in [1.807, 2.05) is 16.9 Å². The van der Waals surface area contributed by atoms with Crippen LogP contribution in [0.1, 0.15) is 67.3 Å². The molecule has 0 radical (unpaired) electrons. The standard InChI is InChI=1S/C29H36ClFN2O5S/c1-37-22-4-2-21(3-5-22)19-33-13-11-29(12-14-33)10-8-20(18-29)9-15-38-27-17-26(31)24(16-25(27)30)28(34)32-39(35,36)23-6-7-23/h2-5,16-17,20,23H,6-15,18-19H2,1H3,(H,32,34). The molecule has 1 N–H and O–H groups in total. The molecule has 1 unspecified atom stereocenters. The summed E-state index contributed by atoms with van der Waals surface area (Å²) in [5.41, 5.74) is 1.30. The molecular weight excluding hydrogens is 543 g/mol. The lowest BCUT2D eigenvalue weighted by molar-refractivity contribution is 0.0977. The van der Waals surface area contributed by atoms with E-state index in [0.29, 0.717) is 30.8 Å². The van der Waals surface area contributed by atoms with Gasteiger partial charge in [0, 0.05) is 12.6 Å². The molecular formula is C29H36ClFN2O5S. The highest BCUT2D eigenvalue weighted by Crippen LogP contribution is 2.50. The molecule has 5 rings (SSSR count). The van der Waals surface area contributed by atoms with E-state index in [-0.39, 0.29) is 10.8 Å². The summed E-state index contributed by atoms with van der Waals surface area (Å²) in [6.45, 7) is 3.58. The van der Waals surface area contributed by atoms with Gasteiger partial charge in [-0.15, -0.1) is 0 Å². The van der Waals surface area contributed by atoms with Crippen molar-refractivity contribution >= 4 is 27.5 Å². The van der Waals surface area contributed by atoms with Crippen molar-refractivity contribution in [2.45, 2.75) is 63.2 Å². The second-order valence-corrected chi connectivity index (χ2v) is 13.7. The van der Waals surface area contributed by atoms with E-state index in [1.54, 1.807) is 7.11 Å². The number of methoxy groups -OCH3 is 1. The summed E-state index contributed by atoms with van der Waals surface area (Å²) in [5.74, 6) is -0.279. The van der Waals surface area contributed by atoms with E-state index >= 15 is 0 Å². The van der Waals surface area contributed by atoms with Gasteiger partial charge in [-0.25, -0.2) is 17.5 Å². The minimum absolute atomic E-state index is 0.0810. The number of carbonyl (C=O) groups excluding carboxylic acids is 1. The van der Waals surface area contributed by atoms with Crippen LogP contribution in [0.15, 0.2) is 36.4 Å². The average Bonchev–Trinajstić information content (AvgIpc) is 3.71. The first kappa shape index (κ1) is 28.2. The molecule has 3 aliphatic rings. The van der Waals surface area contributed by atoms with Crippen LogP contribution >= 0.6 is 11.6 Å². The van der Waals surface area contributed by atoms with Crippen LogP contribution in [-0.4, -0.2) is 51.3 Å². The van der Waals surface area contributed by atoms with Crippen LogP contribution in [-0.2, 0) is 16.6 Å². The number of nitrogens with one attached hydrogen (secondary N) is 1. The third kappa shape index (κ3) is 6.87. The molecule has 2 aliphatic carbocycles. The highest BCUT2D eigenvalue weighted by Gasteiger charge is 2.41. The Balaban J connectivity index is 1.07. The molecule has 1 amide bonds. The molecule has 1 aliphatic heterocycles. The molecule has 0 bridgehead atoms. The number of piperidine rings is 1. The second kappa shape index (κ2) is 11.6. The van der Waals surface area contributed by atoms with Gasteiger partial charge in [-0.05, 0) is 99.6 Å². The van der Waals surface area contributed by atoms with Crippen LogP contribution in [0.3, 0.4) is 0 Å². The molecule has 1 saturated heterocycles. The fourth-order valence-corrected chi connectivity index (χ4v) is 7.51. The van der Waals surface area contributed by atoms with Gasteiger partial charge in [0.1, 0.15) is 17.3 Å². The predicted octanol–water partition coefficient (Wildman–Crippen LogP) is 5.56. The maximum absolute atomic E-state index is 14.6. The van der Waals surface area contributed by atoms with E-state index in [1.165, 1.54) is 37.7 Å². The second-order valence-electron chi connectivity index (χ2n) is 11.3. The Morgan fingerprint density at radius 3 is 2.51 bits per heavy atom. The van der Waals surface area contributed by atoms with Crippen molar-refractivity contribution in [3.05, 3.63) is 58.4 Å². The molecule has 39 heavy (non-hydrogen) atoms. The lowest BCUT2D eigenvalue weighted by Gasteiger charge is -2.39. The average molecular weight is 579 g/mol. The van der Waals surface area contributed by atoms with Crippen LogP contribution in [0.5, 0.6) is 11.5 Å². The third-order valence-corrected chi connectivity index (χ3v) is 10.6. The summed E-state index contributed by atoms with van der Waals surface area (Å²) in [5, 5.41) is -0.498. The Bertz CT molecular complexity index is 1290. The van der Waals surface area contributed by atoms with E-state index < -0.39 is 32.6 Å². The highest BCUT2D eigenvalue weighted by atomic mass is 35.5. The van der Waals surface area contributed by atoms with E-state index in [2.05, 4.69) is 17.0 Å². The SMILES string of the molecule is COc1ccc(CN2CCC3(CCC(CCOc4cc(F)c(C(=O)NS(=O)(=O)C5CC5)cc4Cl)C3)CC2)cc1. The van der Waals surface area contributed by atoms with Gasteiger partial charge in [0.15, 0.2) is 0 Å². The fraction of sp³-hybridized carbons (Fsp3) is 0.552. The molecule has 10 heteroatoms. The van der Waals surface area contributed by atoms with Crippen LogP contribution < -0.4 is 14.2 Å². The van der Waals surface area contributed by atoms with Gasteiger partial charge in [-0.2, -0.15) is 0 Å². The maximum Gasteiger partial charge on any atom is 0.267 e. The fourth-order valence-electron chi connectivity index (χ4n) is 6.00. The van der Waals surface area contributed by atoms with Crippen LogP contribution in [0.2, 0.25) is 5.02 Å². The number of hydrogen-bond donors (Lipinski definition) is 1. The summed E-state index contributed by atoms with van der Waals surface area (Å²) in [4.78, 5) is 14.8. The molecule has 2 aromatic rings. The quantitative estimate of drug-likeness (QED) is 0.397. The van der Waals surface area contributed by atoms with Gasteiger partial charge in [0.05, 0.1) is 29.6 Å². The van der Waals surface area contributed by atoms with Crippen LogP contribution in [0.4, 0.5) is 4.39 Å². The Hall–Kier alpha value is -2.36. The van der Waals surface area contributed by atoms with Gasteiger partial charge >= 0.3 is 0 Å². The summed E-state index contributed by atoms with van der Waals surface area (Å²) in [6.07, 6.45) is 7.86. The Kier molecular flexibility index (Phi) is 8.40. The summed E-state index contributed by atoms with van der Waals surface area (Å²) < 4.78 is 51.7. The van der Waals surface area contributed by atoms with Crippen molar-refractivity contribution < 1.29 is 27.1 Å². The number of amides is 1. The molecule has 2 saturated carbocycles. The van der Waals surface area contributed by atoms with Gasteiger partial charge in [0.25, 0.3) is 5.91 Å². The Morgan fingerprint density at radius 2 is 1.85 bits per heavy atom. The maximum atomic E-state index is 14.6. The summed E-state index contributed by atoms with van der Waals surface area (Å²) >= 11 is 6.26. The number of halogens is 2. The third-order valence-electron chi connectivity index (χ3n) is 8.53. The van der Waals surface area contributed by atoms with Crippen LogP contribution in [0, 0.1) is 17.2 Å². The van der Waals surface area contributed by atoms with Gasteiger partial charge in [-0.3, -0.25) is 9.69 Å². The minimum Gasteiger partial charge on any atom is -0.497 e. The summed E-state index contributed by atoms with van der Waals surface area (Å²) in [7, 11) is -2.09. The number of sulfonamides is 1. The first-order valence-electron chi connectivity index (χ1n) is 13.7. The Morgan fingerprint density at radius 1 is 1.13 bits per heavy atom. The van der Waals surface area contributed by atoms with Gasteiger partial charge in [-0.1, -0.05) is 23.7 Å². The largest absolute Gasteiger partial charge is 0.497 e. The number of likely N-dealkylation sites (tertiary alicyclic amines) is 1. The van der Waals surface area contributed by atoms with Crippen molar-refractivity contribution in [1.82, 2.24) is 9.62 Å². The number of ether oxygens (including phenoxy) is 2. The molecule has 0 aromatic heterocycles. The Labute approximate surface area is 235 Å². The van der Waals surface area contributed by atoms with Crippen molar-refractivity contribution in [2.24, 2.45) is 11.3 Å². The zero-order valence-corrected chi connectivity index (χ0v) is 23.8. The molecule has 7 nitrogen and oxygen atoms in total. The zero-order chi connectivity index (χ0) is 27.6. The molecule has 3 fully saturated rings. The van der Waals surface area contributed by atoms with E-state index in [0.717, 1.165) is 43.9 Å². The van der Waals surface area contributed by atoms with E-state index in [9.17, 15) is 17.6 Å². The number of nitrogens with zero attached hydrogens (tertiary/aromatic N) is 1. The lowest BCUT2D eigenvalue weighted by atomic mass is 9.76. The lowest BCUT2D eigenvalue weighted by Crippen LogP contribution is -2.38. The molecule has 2 aromatic carbocycles. The number of hydrogen-bond acceptors (Lipinski definition) is 6. The molecule has 1 atom stereocenters. The van der Waals surface area contributed by atoms with Crippen LogP contribution in [0.25, 0.3) is 0 Å². The first-order chi connectivity index (χ1) is 18.7. The van der Waals surface area contributed by atoms with E-state index in [4.69, 9.17) is 21.1 Å². The molecule has 1 spiro atoms.